The van der Waals surface area contributed by atoms with E-state index in [0.29, 0.717) is 5.56 Å². The molecule has 2 amide bonds. The highest BCUT2D eigenvalue weighted by molar-refractivity contribution is 5.98. The predicted octanol–water partition coefficient (Wildman–Crippen LogP) is 0.0534. The van der Waals surface area contributed by atoms with Crippen molar-refractivity contribution in [2.75, 3.05) is 0 Å². The molecule has 1 aromatic carbocycles. The van der Waals surface area contributed by atoms with E-state index in [1.54, 1.807) is 31.2 Å². The highest BCUT2D eigenvalue weighted by atomic mass is 16.4. The fourth-order valence-electron chi connectivity index (χ4n) is 1.46. The molecule has 0 radical (unpaired) electrons. The van der Waals surface area contributed by atoms with Gasteiger partial charge in [0.2, 0.25) is 5.91 Å². The van der Waals surface area contributed by atoms with E-state index in [0.717, 1.165) is 5.56 Å². The zero-order chi connectivity index (χ0) is 13.7. The summed E-state index contributed by atoms with van der Waals surface area (Å²) in [5.74, 6) is -2.62. The van der Waals surface area contributed by atoms with Crippen molar-refractivity contribution in [1.29, 1.82) is 0 Å². The zero-order valence-electron chi connectivity index (χ0n) is 9.84. The molecule has 6 heteroatoms. The molecule has 0 spiro atoms. The van der Waals surface area contributed by atoms with E-state index in [4.69, 9.17) is 10.8 Å². The van der Waals surface area contributed by atoms with Crippen molar-refractivity contribution in [3.8, 4) is 0 Å². The first-order chi connectivity index (χ1) is 8.41. The molecular weight excluding hydrogens is 236 g/mol. The van der Waals surface area contributed by atoms with Crippen molar-refractivity contribution in [2.45, 2.75) is 19.4 Å². The Labute approximate surface area is 104 Å². The minimum Gasteiger partial charge on any atom is -0.480 e. The van der Waals surface area contributed by atoms with Crippen LogP contribution >= 0.6 is 0 Å². The van der Waals surface area contributed by atoms with E-state index >= 15 is 0 Å². The molecule has 18 heavy (non-hydrogen) atoms. The van der Waals surface area contributed by atoms with Crippen LogP contribution in [0, 0.1) is 6.92 Å². The van der Waals surface area contributed by atoms with Crippen molar-refractivity contribution >= 4 is 17.8 Å². The van der Waals surface area contributed by atoms with E-state index in [1.807, 2.05) is 0 Å². The Morgan fingerprint density at radius 3 is 2.44 bits per heavy atom. The zero-order valence-corrected chi connectivity index (χ0v) is 9.84. The van der Waals surface area contributed by atoms with Gasteiger partial charge in [0, 0.05) is 5.56 Å². The van der Waals surface area contributed by atoms with E-state index in [-0.39, 0.29) is 0 Å². The van der Waals surface area contributed by atoms with Crippen molar-refractivity contribution in [2.24, 2.45) is 5.73 Å². The molecular formula is C12H14N2O4. The second-order valence-electron chi connectivity index (χ2n) is 3.85. The van der Waals surface area contributed by atoms with Crippen LogP contribution in [0.5, 0.6) is 0 Å². The number of benzene rings is 1. The van der Waals surface area contributed by atoms with Crippen LogP contribution in [0.3, 0.4) is 0 Å². The molecule has 1 atom stereocenters. The lowest BCUT2D eigenvalue weighted by molar-refractivity contribution is -0.140. The molecule has 0 saturated heterocycles. The summed E-state index contributed by atoms with van der Waals surface area (Å²) in [4.78, 5) is 33.4. The third-order valence-corrected chi connectivity index (χ3v) is 2.40. The second kappa shape index (κ2) is 5.81. The van der Waals surface area contributed by atoms with Crippen LogP contribution in [-0.4, -0.2) is 28.9 Å². The molecule has 0 aromatic heterocycles. The Morgan fingerprint density at radius 2 is 1.94 bits per heavy atom. The Balaban J connectivity index is 2.82. The van der Waals surface area contributed by atoms with Crippen LogP contribution in [0.25, 0.3) is 0 Å². The fourth-order valence-corrected chi connectivity index (χ4v) is 1.46. The lowest BCUT2D eigenvalue weighted by Gasteiger charge is -2.13. The quantitative estimate of drug-likeness (QED) is 0.686. The normalized spacial score (nSPS) is 11.6. The van der Waals surface area contributed by atoms with Gasteiger partial charge < -0.3 is 16.2 Å². The first-order valence-corrected chi connectivity index (χ1v) is 5.29. The molecule has 0 aliphatic heterocycles. The number of carboxylic acids is 1. The number of aliphatic carboxylic acids is 1. The van der Waals surface area contributed by atoms with Crippen LogP contribution in [0.4, 0.5) is 0 Å². The highest BCUT2D eigenvalue weighted by Gasteiger charge is 2.23. The molecule has 0 saturated carbocycles. The van der Waals surface area contributed by atoms with Gasteiger partial charge in [0.1, 0.15) is 6.04 Å². The summed E-state index contributed by atoms with van der Waals surface area (Å²) in [6, 6.07) is 5.44. The van der Waals surface area contributed by atoms with Gasteiger partial charge in [-0.05, 0) is 18.6 Å². The minimum atomic E-state index is -1.31. The Morgan fingerprint density at radius 1 is 1.33 bits per heavy atom. The fraction of sp³-hybridized carbons (Fsp3) is 0.250. The summed E-state index contributed by atoms with van der Waals surface area (Å²) in [5, 5.41) is 11.1. The maximum atomic E-state index is 11.8. The van der Waals surface area contributed by atoms with Gasteiger partial charge in [0.25, 0.3) is 5.91 Å². The number of hydrogen-bond acceptors (Lipinski definition) is 3. The summed E-state index contributed by atoms with van der Waals surface area (Å²) in [6.07, 6.45) is -0.438. The lowest BCUT2D eigenvalue weighted by atomic mass is 10.1. The van der Waals surface area contributed by atoms with E-state index < -0.39 is 30.2 Å². The van der Waals surface area contributed by atoms with Gasteiger partial charge in [0.05, 0.1) is 6.42 Å². The molecule has 0 aliphatic carbocycles. The Kier molecular flexibility index (Phi) is 4.42. The smallest absolute Gasteiger partial charge is 0.326 e. The summed E-state index contributed by atoms with van der Waals surface area (Å²) < 4.78 is 0. The summed E-state index contributed by atoms with van der Waals surface area (Å²) in [5.41, 5.74) is 6.01. The van der Waals surface area contributed by atoms with E-state index in [1.165, 1.54) is 0 Å². The predicted molar refractivity (Wildman–Crippen MR) is 63.9 cm³/mol. The van der Waals surface area contributed by atoms with Crippen LogP contribution in [0.15, 0.2) is 24.3 Å². The maximum absolute atomic E-state index is 11.8. The number of aryl methyl sites for hydroxylation is 1. The topological polar surface area (TPSA) is 109 Å². The number of carboxylic acid groups (broad SMARTS) is 1. The Hall–Kier alpha value is -2.37. The van der Waals surface area contributed by atoms with Gasteiger partial charge >= 0.3 is 5.97 Å². The van der Waals surface area contributed by atoms with Crippen molar-refractivity contribution in [3.05, 3.63) is 35.4 Å². The number of nitrogens with two attached hydrogens (primary N) is 1. The van der Waals surface area contributed by atoms with Crippen molar-refractivity contribution in [3.63, 3.8) is 0 Å². The molecule has 4 N–H and O–H groups in total. The Bertz CT molecular complexity index is 485. The third kappa shape index (κ3) is 3.58. The standard InChI is InChI=1S/C12H14N2O4/c1-7-4-2-3-5-8(7)11(16)14-9(12(17)18)6-10(13)15/h2-5,9H,6H2,1H3,(H2,13,15)(H,14,16)(H,17,18)/t9-/m0/s1. The number of carbonyl (C=O) groups excluding carboxylic acids is 2. The molecule has 0 unspecified atom stereocenters. The highest BCUT2D eigenvalue weighted by Crippen LogP contribution is 2.07. The molecule has 1 rings (SSSR count). The molecule has 0 fully saturated rings. The van der Waals surface area contributed by atoms with Crippen molar-refractivity contribution in [1.82, 2.24) is 5.32 Å². The number of rotatable bonds is 5. The summed E-state index contributed by atoms with van der Waals surface area (Å²) in [7, 11) is 0. The van der Waals surface area contributed by atoms with Gasteiger partial charge in [-0.3, -0.25) is 9.59 Å². The van der Waals surface area contributed by atoms with Gasteiger partial charge in [-0.1, -0.05) is 18.2 Å². The molecule has 6 nitrogen and oxygen atoms in total. The number of carbonyl (C=O) groups is 3. The van der Waals surface area contributed by atoms with Gasteiger partial charge in [-0.15, -0.1) is 0 Å². The van der Waals surface area contributed by atoms with Crippen LogP contribution < -0.4 is 11.1 Å². The van der Waals surface area contributed by atoms with Crippen LogP contribution in [-0.2, 0) is 9.59 Å². The average molecular weight is 250 g/mol. The minimum absolute atomic E-state index is 0.369. The SMILES string of the molecule is Cc1ccccc1C(=O)N[C@@H](CC(N)=O)C(=O)O. The van der Waals surface area contributed by atoms with Gasteiger partial charge in [0.15, 0.2) is 0 Å². The van der Waals surface area contributed by atoms with Crippen LogP contribution in [0.2, 0.25) is 0 Å². The largest absolute Gasteiger partial charge is 0.480 e. The number of primary amides is 1. The number of amides is 2. The van der Waals surface area contributed by atoms with Gasteiger partial charge in [-0.2, -0.15) is 0 Å². The van der Waals surface area contributed by atoms with Gasteiger partial charge in [-0.25, -0.2) is 4.79 Å². The summed E-state index contributed by atoms with van der Waals surface area (Å²) in [6.45, 7) is 1.73. The van der Waals surface area contributed by atoms with E-state index in [2.05, 4.69) is 5.32 Å². The molecule has 0 heterocycles. The summed E-state index contributed by atoms with van der Waals surface area (Å²) >= 11 is 0. The average Bonchev–Trinajstić information content (AvgIpc) is 2.27. The van der Waals surface area contributed by atoms with Crippen LogP contribution in [0.1, 0.15) is 22.3 Å². The third-order valence-electron chi connectivity index (χ3n) is 2.40. The number of nitrogens with one attached hydrogen (secondary N) is 1. The second-order valence-corrected chi connectivity index (χ2v) is 3.85. The molecule has 0 bridgehead atoms. The molecule has 0 aliphatic rings. The first-order valence-electron chi connectivity index (χ1n) is 5.29. The monoisotopic (exact) mass is 250 g/mol. The maximum Gasteiger partial charge on any atom is 0.326 e. The molecule has 1 aromatic rings. The first kappa shape index (κ1) is 13.7. The number of hydrogen-bond donors (Lipinski definition) is 3. The van der Waals surface area contributed by atoms with Crippen molar-refractivity contribution < 1.29 is 19.5 Å². The molecule has 96 valence electrons. The van der Waals surface area contributed by atoms with E-state index in [9.17, 15) is 14.4 Å². The lowest BCUT2D eigenvalue weighted by Crippen LogP contribution is -2.43.